The lowest BCUT2D eigenvalue weighted by atomic mass is 10.2. The van der Waals surface area contributed by atoms with Crippen LogP contribution in [-0.4, -0.2) is 50.5 Å². The van der Waals surface area contributed by atoms with Gasteiger partial charge in [-0.15, -0.1) is 0 Å². The van der Waals surface area contributed by atoms with Gasteiger partial charge in [-0.2, -0.15) is 15.0 Å². The summed E-state index contributed by atoms with van der Waals surface area (Å²) in [5, 5.41) is 18.5. The SMILES string of the molecule is Cc1nn(-c2ccccc2)nc1CCCOc1cccc(CN(CC=O)C(=O)Oc2ccc(O)cc2)c1. The highest BCUT2D eigenvalue weighted by Crippen LogP contribution is 2.19. The molecule has 0 fully saturated rings. The number of nitrogens with zero attached hydrogens (tertiary/aromatic N) is 4. The second kappa shape index (κ2) is 12.3. The molecule has 0 saturated carbocycles. The minimum atomic E-state index is -0.664. The molecule has 4 rings (SSSR count). The van der Waals surface area contributed by atoms with Crippen LogP contribution in [0.1, 0.15) is 23.4 Å². The van der Waals surface area contributed by atoms with E-state index in [2.05, 4.69) is 10.2 Å². The van der Waals surface area contributed by atoms with Gasteiger partial charge in [0, 0.05) is 6.54 Å². The average Bonchev–Trinajstić information content (AvgIpc) is 3.29. The number of phenolic OH excluding ortho intramolecular Hbond substituents is 1. The third kappa shape index (κ3) is 7.17. The number of aryl methyl sites for hydroxylation is 2. The predicted octanol–water partition coefficient (Wildman–Crippen LogP) is 4.49. The smallest absolute Gasteiger partial charge is 0.415 e. The average molecular weight is 501 g/mol. The molecule has 190 valence electrons. The molecule has 1 amide bonds. The summed E-state index contributed by atoms with van der Waals surface area (Å²) in [5.41, 5.74) is 3.53. The van der Waals surface area contributed by atoms with E-state index in [0.717, 1.165) is 35.5 Å². The van der Waals surface area contributed by atoms with Crippen molar-refractivity contribution in [3.63, 3.8) is 0 Å². The molecule has 4 aromatic rings. The normalized spacial score (nSPS) is 10.6. The van der Waals surface area contributed by atoms with Gasteiger partial charge in [-0.3, -0.25) is 4.90 Å². The second-order valence-electron chi connectivity index (χ2n) is 8.37. The lowest BCUT2D eigenvalue weighted by Gasteiger charge is -2.20. The van der Waals surface area contributed by atoms with E-state index in [1.165, 1.54) is 29.2 Å². The van der Waals surface area contributed by atoms with Crippen molar-refractivity contribution in [2.45, 2.75) is 26.3 Å². The maximum Gasteiger partial charge on any atom is 0.415 e. The quantitative estimate of drug-likeness (QED) is 0.239. The second-order valence-corrected chi connectivity index (χ2v) is 8.37. The number of rotatable bonds is 11. The summed E-state index contributed by atoms with van der Waals surface area (Å²) in [5.74, 6) is 1.00. The molecule has 37 heavy (non-hydrogen) atoms. The number of amides is 1. The van der Waals surface area contributed by atoms with Crippen molar-refractivity contribution >= 4 is 12.4 Å². The Hall–Kier alpha value is -4.66. The largest absolute Gasteiger partial charge is 0.508 e. The minimum absolute atomic E-state index is 0.0648. The lowest BCUT2D eigenvalue weighted by Crippen LogP contribution is -2.34. The number of aromatic nitrogens is 3. The molecule has 0 aliphatic rings. The van der Waals surface area contributed by atoms with Gasteiger partial charge in [0.1, 0.15) is 23.5 Å². The number of carbonyl (C=O) groups is 2. The summed E-state index contributed by atoms with van der Waals surface area (Å²) >= 11 is 0. The molecule has 0 spiro atoms. The van der Waals surface area contributed by atoms with Crippen molar-refractivity contribution in [1.29, 1.82) is 0 Å². The Labute approximate surface area is 214 Å². The van der Waals surface area contributed by atoms with Gasteiger partial charge in [0.25, 0.3) is 0 Å². The molecule has 3 aromatic carbocycles. The first-order valence-electron chi connectivity index (χ1n) is 11.9. The Bertz CT molecular complexity index is 1320. The highest BCUT2D eigenvalue weighted by Gasteiger charge is 2.17. The summed E-state index contributed by atoms with van der Waals surface area (Å²) < 4.78 is 11.2. The van der Waals surface area contributed by atoms with Crippen LogP contribution in [-0.2, 0) is 17.8 Å². The molecule has 1 aromatic heterocycles. The molecule has 1 N–H and O–H groups in total. The van der Waals surface area contributed by atoms with Crippen molar-refractivity contribution in [2.75, 3.05) is 13.2 Å². The summed E-state index contributed by atoms with van der Waals surface area (Å²) in [7, 11) is 0. The van der Waals surface area contributed by atoms with Crippen molar-refractivity contribution in [1.82, 2.24) is 19.9 Å². The molecule has 0 aliphatic carbocycles. The van der Waals surface area contributed by atoms with Crippen LogP contribution in [0.25, 0.3) is 5.69 Å². The zero-order valence-corrected chi connectivity index (χ0v) is 20.5. The van der Waals surface area contributed by atoms with Gasteiger partial charge in [-0.1, -0.05) is 30.3 Å². The zero-order valence-electron chi connectivity index (χ0n) is 20.5. The van der Waals surface area contributed by atoms with Gasteiger partial charge in [0.15, 0.2) is 0 Å². The van der Waals surface area contributed by atoms with E-state index in [0.29, 0.717) is 18.6 Å². The number of hydrogen-bond acceptors (Lipinski definition) is 7. The maximum atomic E-state index is 12.6. The number of para-hydroxylation sites is 1. The first-order valence-corrected chi connectivity index (χ1v) is 11.9. The zero-order chi connectivity index (χ0) is 26.0. The van der Waals surface area contributed by atoms with Gasteiger partial charge in [-0.05, 0) is 73.9 Å². The molecule has 9 heteroatoms. The summed E-state index contributed by atoms with van der Waals surface area (Å²) in [4.78, 5) is 26.7. The third-order valence-electron chi connectivity index (χ3n) is 5.56. The fourth-order valence-electron chi connectivity index (χ4n) is 3.67. The van der Waals surface area contributed by atoms with Crippen molar-refractivity contribution in [3.8, 4) is 22.9 Å². The first-order chi connectivity index (χ1) is 18.0. The molecular formula is C28H28N4O5. The highest BCUT2D eigenvalue weighted by atomic mass is 16.6. The van der Waals surface area contributed by atoms with E-state index in [9.17, 15) is 14.7 Å². The van der Waals surface area contributed by atoms with Crippen LogP contribution in [0.2, 0.25) is 0 Å². The van der Waals surface area contributed by atoms with E-state index < -0.39 is 6.09 Å². The standard InChI is InChI=1S/C28H28N4O5/c1-21-27(30-32(29-21)23-8-3-2-4-9-23)11-6-18-36-26-10-5-7-22(19-26)20-31(16-17-33)28(35)37-25-14-12-24(34)13-15-25/h2-5,7-10,12-15,17,19,34H,6,11,16,18,20H2,1H3. The predicted molar refractivity (Wildman–Crippen MR) is 137 cm³/mol. The lowest BCUT2D eigenvalue weighted by molar-refractivity contribution is -0.108. The van der Waals surface area contributed by atoms with E-state index in [1.54, 1.807) is 4.80 Å². The summed E-state index contributed by atoms with van der Waals surface area (Å²) in [6.07, 6.45) is 1.47. The van der Waals surface area contributed by atoms with Gasteiger partial charge in [0.05, 0.1) is 30.2 Å². The van der Waals surface area contributed by atoms with Crippen molar-refractivity contribution < 1.29 is 24.2 Å². The van der Waals surface area contributed by atoms with Crippen LogP contribution in [0.5, 0.6) is 17.2 Å². The van der Waals surface area contributed by atoms with Gasteiger partial charge in [-0.25, -0.2) is 4.79 Å². The minimum Gasteiger partial charge on any atom is -0.508 e. The van der Waals surface area contributed by atoms with Crippen LogP contribution < -0.4 is 9.47 Å². The van der Waals surface area contributed by atoms with E-state index in [4.69, 9.17) is 9.47 Å². The molecule has 0 atom stereocenters. The maximum absolute atomic E-state index is 12.6. The van der Waals surface area contributed by atoms with Crippen LogP contribution in [0, 0.1) is 6.92 Å². The molecule has 9 nitrogen and oxygen atoms in total. The van der Waals surface area contributed by atoms with Gasteiger partial charge >= 0.3 is 6.09 Å². The molecule has 0 unspecified atom stereocenters. The Morgan fingerprint density at radius 3 is 2.54 bits per heavy atom. The van der Waals surface area contributed by atoms with Gasteiger partial charge < -0.3 is 19.4 Å². The number of aldehydes is 1. The molecule has 0 aliphatic heterocycles. The Morgan fingerprint density at radius 1 is 1.00 bits per heavy atom. The number of ether oxygens (including phenoxy) is 2. The number of phenols is 1. The van der Waals surface area contributed by atoms with Crippen LogP contribution in [0.3, 0.4) is 0 Å². The Balaban J connectivity index is 1.30. The van der Waals surface area contributed by atoms with E-state index in [-0.39, 0.29) is 24.6 Å². The third-order valence-corrected chi connectivity index (χ3v) is 5.56. The Morgan fingerprint density at radius 2 is 1.78 bits per heavy atom. The van der Waals surface area contributed by atoms with Crippen molar-refractivity contribution in [3.05, 3.63) is 95.8 Å². The molecular weight excluding hydrogens is 472 g/mol. The number of aromatic hydroxyl groups is 1. The van der Waals surface area contributed by atoms with E-state index in [1.807, 2.05) is 61.5 Å². The molecule has 0 saturated heterocycles. The summed E-state index contributed by atoms with van der Waals surface area (Å²) in [6, 6.07) is 22.9. The molecule has 0 radical (unpaired) electrons. The van der Waals surface area contributed by atoms with Crippen molar-refractivity contribution in [2.24, 2.45) is 0 Å². The first kappa shape index (κ1) is 25.4. The molecule has 1 heterocycles. The van der Waals surface area contributed by atoms with Crippen LogP contribution >= 0.6 is 0 Å². The number of carbonyl (C=O) groups excluding carboxylic acids is 2. The summed E-state index contributed by atoms with van der Waals surface area (Å²) in [6.45, 7) is 2.49. The monoisotopic (exact) mass is 500 g/mol. The fourth-order valence-corrected chi connectivity index (χ4v) is 3.67. The highest BCUT2D eigenvalue weighted by molar-refractivity contribution is 5.73. The number of hydrogen-bond donors (Lipinski definition) is 1. The van der Waals surface area contributed by atoms with Gasteiger partial charge in [0.2, 0.25) is 0 Å². The van der Waals surface area contributed by atoms with Crippen LogP contribution in [0.15, 0.2) is 78.9 Å². The van der Waals surface area contributed by atoms with E-state index >= 15 is 0 Å². The molecule has 0 bridgehead atoms. The van der Waals surface area contributed by atoms with Crippen LogP contribution in [0.4, 0.5) is 4.79 Å². The topological polar surface area (TPSA) is 107 Å². The Kier molecular flexibility index (Phi) is 8.49. The fraction of sp³-hybridized carbons (Fsp3) is 0.214. The number of benzene rings is 3.